The molecule has 3 amide bonds. The standard InChI is InChI=1S/C22H30F2N4O5/c1-12(11-33-2)28-10-14(8-18(28)29)21(31)27-17(7-13-5-15(23)9-16(24)6-13)20(30)19-22(32)26-4-3-25-19/h5-6,9,12,14,17,19-20,25,30H,3-4,7-8,10-11H2,1-2H3,(H,26,32)(H,27,31)/t12?,14?,17-,19-,20-/m0/s1. The van der Waals surface area contributed by atoms with Gasteiger partial charge in [0.25, 0.3) is 0 Å². The van der Waals surface area contributed by atoms with Gasteiger partial charge in [-0.1, -0.05) is 0 Å². The van der Waals surface area contributed by atoms with E-state index in [4.69, 9.17) is 4.74 Å². The van der Waals surface area contributed by atoms with Crippen LogP contribution in [0.5, 0.6) is 0 Å². The van der Waals surface area contributed by atoms with E-state index in [2.05, 4.69) is 16.0 Å². The van der Waals surface area contributed by atoms with Crippen LogP contribution in [0.25, 0.3) is 0 Å². The number of carbonyl (C=O) groups excluding carboxylic acids is 3. The molecule has 2 saturated heterocycles. The zero-order valence-electron chi connectivity index (χ0n) is 18.6. The molecular weight excluding hydrogens is 438 g/mol. The van der Waals surface area contributed by atoms with Crippen LogP contribution in [0.1, 0.15) is 18.9 Å². The lowest BCUT2D eigenvalue weighted by molar-refractivity contribution is -0.131. The number of aliphatic hydroxyl groups is 1. The number of methoxy groups -OCH3 is 1. The Bertz CT molecular complexity index is 866. The Morgan fingerprint density at radius 3 is 2.61 bits per heavy atom. The molecule has 2 fully saturated rings. The summed E-state index contributed by atoms with van der Waals surface area (Å²) >= 11 is 0. The summed E-state index contributed by atoms with van der Waals surface area (Å²) in [6, 6.07) is 0.704. The Balaban J connectivity index is 1.76. The molecule has 0 radical (unpaired) electrons. The number of likely N-dealkylation sites (tertiary alicyclic amines) is 1. The molecule has 11 heteroatoms. The van der Waals surface area contributed by atoms with Crippen LogP contribution in [0.4, 0.5) is 8.78 Å². The number of aliphatic hydroxyl groups excluding tert-OH is 1. The van der Waals surface area contributed by atoms with Crippen molar-refractivity contribution in [1.82, 2.24) is 20.9 Å². The van der Waals surface area contributed by atoms with Gasteiger partial charge in [0.15, 0.2) is 0 Å². The molecule has 0 saturated carbocycles. The lowest BCUT2D eigenvalue weighted by Gasteiger charge is -2.33. The Kier molecular flexibility index (Phi) is 8.33. The van der Waals surface area contributed by atoms with Crippen LogP contribution in [0.15, 0.2) is 18.2 Å². The van der Waals surface area contributed by atoms with Gasteiger partial charge in [-0.3, -0.25) is 14.4 Å². The van der Waals surface area contributed by atoms with E-state index in [-0.39, 0.29) is 36.9 Å². The molecule has 2 heterocycles. The minimum Gasteiger partial charge on any atom is -0.389 e. The molecule has 4 N–H and O–H groups in total. The lowest BCUT2D eigenvalue weighted by atomic mass is 9.94. The third-order valence-corrected chi connectivity index (χ3v) is 6.00. The van der Waals surface area contributed by atoms with E-state index in [0.29, 0.717) is 19.7 Å². The number of carbonyl (C=O) groups is 3. The van der Waals surface area contributed by atoms with Gasteiger partial charge < -0.3 is 30.7 Å². The number of halogens is 2. The number of nitrogens with one attached hydrogen (secondary N) is 3. The molecule has 0 spiro atoms. The quantitative estimate of drug-likeness (QED) is 0.382. The van der Waals surface area contributed by atoms with E-state index >= 15 is 0 Å². The second-order valence-corrected chi connectivity index (χ2v) is 8.56. The smallest absolute Gasteiger partial charge is 0.239 e. The first-order valence-corrected chi connectivity index (χ1v) is 10.9. The molecule has 5 atom stereocenters. The molecule has 0 aliphatic carbocycles. The number of hydrogen-bond donors (Lipinski definition) is 4. The second kappa shape index (κ2) is 11.0. The molecule has 3 rings (SSSR count). The van der Waals surface area contributed by atoms with Crippen molar-refractivity contribution in [2.45, 2.75) is 44.0 Å². The number of piperazine rings is 1. The first-order chi connectivity index (χ1) is 15.7. The summed E-state index contributed by atoms with van der Waals surface area (Å²) in [5.74, 6) is -3.34. The summed E-state index contributed by atoms with van der Waals surface area (Å²) in [5, 5.41) is 19.2. The SMILES string of the molecule is COCC(C)N1CC(C(=O)N[C@@H](Cc2cc(F)cc(F)c2)[C@H](O)[C@@H]2NCCNC2=O)CC1=O. The zero-order chi connectivity index (χ0) is 24.1. The van der Waals surface area contributed by atoms with Gasteiger partial charge in [-0.05, 0) is 31.0 Å². The van der Waals surface area contributed by atoms with Gasteiger partial charge in [-0.2, -0.15) is 0 Å². The van der Waals surface area contributed by atoms with Crippen LogP contribution in [0.2, 0.25) is 0 Å². The molecule has 0 bridgehead atoms. The summed E-state index contributed by atoms with van der Waals surface area (Å²) in [6.45, 7) is 3.16. The minimum atomic E-state index is -1.37. The number of benzene rings is 1. The van der Waals surface area contributed by atoms with Crippen molar-refractivity contribution in [3.05, 3.63) is 35.4 Å². The van der Waals surface area contributed by atoms with Crippen molar-refractivity contribution in [2.75, 3.05) is 33.4 Å². The van der Waals surface area contributed by atoms with Crippen molar-refractivity contribution in [2.24, 2.45) is 5.92 Å². The first-order valence-electron chi connectivity index (χ1n) is 10.9. The fraction of sp³-hybridized carbons (Fsp3) is 0.591. The minimum absolute atomic E-state index is 0.000535. The molecule has 182 valence electrons. The van der Waals surface area contributed by atoms with Crippen molar-refractivity contribution in [1.29, 1.82) is 0 Å². The van der Waals surface area contributed by atoms with Crippen LogP contribution >= 0.6 is 0 Å². The highest BCUT2D eigenvalue weighted by Gasteiger charge is 2.40. The summed E-state index contributed by atoms with van der Waals surface area (Å²) in [4.78, 5) is 39.2. The van der Waals surface area contributed by atoms with E-state index in [1.54, 1.807) is 4.90 Å². The highest BCUT2D eigenvalue weighted by atomic mass is 19.1. The molecule has 0 aromatic heterocycles. The van der Waals surface area contributed by atoms with E-state index in [9.17, 15) is 28.3 Å². The monoisotopic (exact) mass is 468 g/mol. The summed E-state index contributed by atoms with van der Waals surface area (Å²) in [6.07, 6.45) is -1.49. The average Bonchev–Trinajstić information content (AvgIpc) is 3.14. The molecule has 2 aliphatic rings. The van der Waals surface area contributed by atoms with Gasteiger partial charge in [-0.15, -0.1) is 0 Å². The second-order valence-electron chi connectivity index (χ2n) is 8.56. The highest BCUT2D eigenvalue weighted by molar-refractivity contribution is 5.89. The van der Waals surface area contributed by atoms with Gasteiger partial charge in [-0.25, -0.2) is 8.78 Å². The highest BCUT2D eigenvalue weighted by Crippen LogP contribution is 2.22. The molecule has 1 aromatic carbocycles. The summed E-state index contributed by atoms with van der Waals surface area (Å²) in [7, 11) is 1.53. The summed E-state index contributed by atoms with van der Waals surface area (Å²) in [5.41, 5.74) is 0.214. The first kappa shape index (κ1) is 25.0. The number of rotatable bonds is 9. The molecular formula is C22H30F2N4O5. The van der Waals surface area contributed by atoms with E-state index in [1.807, 2.05) is 6.92 Å². The number of hydrogen-bond acceptors (Lipinski definition) is 6. The van der Waals surface area contributed by atoms with Gasteiger partial charge in [0, 0.05) is 39.2 Å². The molecule has 9 nitrogen and oxygen atoms in total. The normalized spacial score (nSPS) is 23.7. The van der Waals surface area contributed by atoms with Crippen LogP contribution < -0.4 is 16.0 Å². The number of nitrogens with zero attached hydrogens (tertiary/aromatic N) is 1. The maximum absolute atomic E-state index is 13.7. The predicted octanol–water partition coefficient (Wildman–Crippen LogP) is -0.676. The van der Waals surface area contributed by atoms with E-state index < -0.39 is 47.6 Å². The maximum atomic E-state index is 13.7. The molecule has 2 unspecified atom stereocenters. The Morgan fingerprint density at radius 2 is 1.97 bits per heavy atom. The van der Waals surface area contributed by atoms with Crippen molar-refractivity contribution >= 4 is 17.7 Å². The van der Waals surface area contributed by atoms with Crippen LogP contribution in [-0.2, 0) is 25.5 Å². The lowest BCUT2D eigenvalue weighted by Crippen LogP contribution is -2.63. The van der Waals surface area contributed by atoms with Crippen molar-refractivity contribution in [3.63, 3.8) is 0 Å². The van der Waals surface area contributed by atoms with Crippen molar-refractivity contribution < 1.29 is 33.0 Å². The van der Waals surface area contributed by atoms with Crippen LogP contribution in [0, 0.1) is 17.6 Å². The predicted molar refractivity (Wildman–Crippen MR) is 114 cm³/mol. The van der Waals surface area contributed by atoms with E-state index in [1.165, 1.54) is 7.11 Å². The fourth-order valence-electron chi connectivity index (χ4n) is 4.33. The van der Waals surface area contributed by atoms with Gasteiger partial charge in [0.2, 0.25) is 17.7 Å². The molecule has 1 aromatic rings. The zero-order valence-corrected chi connectivity index (χ0v) is 18.6. The van der Waals surface area contributed by atoms with Crippen LogP contribution in [-0.4, -0.2) is 85.3 Å². The average molecular weight is 469 g/mol. The topological polar surface area (TPSA) is 120 Å². The maximum Gasteiger partial charge on any atom is 0.239 e. The summed E-state index contributed by atoms with van der Waals surface area (Å²) < 4.78 is 32.5. The largest absolute Gasteiger partial charge is 0.389 e. The Labute approximate surface area is 190 Å². The third kappa shape index (κ3) is 6.24. The van der Waals surface area contributed by atoms with Gasteiger partial charge >= 0.3 is 0 Å². The Morgan fingerprint density at radius 1 is 1.27 bits per heavy atom. The third-order valence-electron chi connectivity index (χ3n) is 6.00. The number of amides is 3. The Hall–Kier alpha value is -2.63. The van der Waals surface area contributed by atoms with Gasteiger partial charge in [0.05, 0.1) is 30.7 Å². The van der Waals surface area contributed by atoms with Gasteiger partial charge in [0.1, 0.15) is 17.7 Å². The molecule has 2 aliphatic heterocycles. The van der Waals surface area contributed by atoms with Crippen LogP contribution in [0.3, 0.4) is 0 Å². The van der Waals surface area contributed by atoms with E-state index in [0.717, 1.165) is 18.2 Å². The van der Waals surface area contributed by atoms with Crippen molar-refractivity contribution in [3.8, 4) is 0 Å². The fourth-order valence-corrected chi connectivity index (χ4v) is 4.33. The number of ether oxygens (including phenoxy) is 1. The molecule has 33 heavy (non-hydrogen) atoms.